The molecule has 4 nitrogen and oxygen atoms in total. The van der Waals surface area contributed by atoms with Crippen LogP contribution in [0.25, 0.3) is 11.3 Å². The Morgan fingerprint density at radius 1 is 1.19 bits per heavy atom. The summed E-state index contributed by atoms with van der Waals surface area (Å²) in [5.74, 6) is 2.28. The monoisotopic (exact) mass is 353 g/mol. The lowest BCUT2D eigenvalue weighted by molar-refractivity contribution is 0.280. The predicted molar refractivity (Wildman–Crippen MR) is 103 cm³/mol. The van der Waals surface area contributed by atoms with Gasteiger partial charge < -0.3 is 14.0 Å². The van der Waals surface area contributed by atoms with Crippen LogP contribution < -0.4 is 14.9 Å². The molecule has 1 atom stereocenters. The summed E-state index contributed by atoms with van der Waals surface area (Å²) in [6.07, 6.45) is 7.20. The lowest BCUT2D eigenvalue weighted by Crippen LogP contribution is -2.24. The van der Waals surface area contributed by atoms with Gasteiger partial charge in [0.15, 0.2) is 16.9 Å². The number of pyridine rings is 1. The van der Waals surface area contributed by atoms with Gasteiger partial charge in [0.2, 0.25) is 0 Å². The van der Waals surface area contributed by atoms with Crippen molar-refractivity contribution in [1.29, 1.82) is 0 Å². The summed E-state index contributed by atoms with van der Waals surface area (Å²) in [7, 11) is 1.68. The molecule has 2 aliphatic rings. The van der Waals surface area contributed by atoms with Crippen LogP contribution in [0.15, 0.2) is 29.2 Å². The predicted octanol–water partition coefficient (Wildman–Crippen LogP) is 4.38. The number of methoxy groups -OCH3 is 1. The van der Waals surface area contributed by atoms with Gasteiger partial charge in [-0.2, -0.15) is 0 Å². The molecule has 1 fully saturated rings. The lowest BCUT2D eigenvalue weighted by atomic mass is 9.88. The Balaban J connectivity index is 1.86. The smallest absolute Gasteiger partial charge is 0.185 e. The van der Waals surface area contributed by atoms with Gasteiger partial charge in [-0.05, 0) is 55.7 Å². The summed E-state index contributed by atoms with van der Waals surface area (Å²) in [5.41, 5.74) is 4.43. The number of aromatic nitrogens is 1. The third kappa shape index (κ3) is 2.91. The average molecular weight is 353 g/mol. The minimum Gasteiger partial charge on any atom is -0.493 e. The fourth-order valence-electron chi connectivity index (χ4n) is 3.99. The van der Waals surface area contributed by atoms with Crippen molar-refractivity contribution in [3.63, 3.8) is 0 Å². The van der Waals surface area contributed by atoms with Crippen LogP contribution in [0.5, 0.6) is 11.5 Å². The molecule has 2 heterocycles. The maximum atomic E-state index is 12.5. The molecule has 0 amide bonds. The second-order valence-corrected chi connectivity index (χ2v) is 7.45. The maximum Gasteiger partial charge on any atom is 0.185 e. The second-order valence-electron chi connectivity index (χ2n) is 7.45. The van der Waals surface area contributed by atoms with Gasteiger partial charge >= 0.3 is 0 Å². The van der Waals surface area contributed by atoms with E-state index >= 15 is 0 Å². The fraction of sp³-hybridized carbons (Fsp3) is 0.500. The molecule has 1 aromatic heterocycles. The van der Waals surface area contributed by atoms with Crippen molar-refractivity contribution in [2.75, 3.05) is 13.7 Å². The molecule has 1 aliphatic carbocycles. The van der Waals surface area contributed by atoms with E-state index in [0.717, 1.165) is 54.2 Å². The van der Waals surface area contributed by atoms with E-state index in [-0.39, 0.29) is 5.43 Å². The number of hydrogen-bond donors (Lipinski definition) is 0. The Morgan fingerprint density at radius 2 is 2.00 bits per heavy atom. The second kappa shape index (κ2) is 6.82. The number of rotatable bonds is 6. The van der Waals surface area contributed by atoms with Crippen molar-refractivity contribution >= 4 is 0 Å². The first-order chi connectivity index (χ1) is 12.7. The third-order valence-electron chi connectivity index (χ3n) is 5.72. The molecule has 1 aromatic carbocycles. The van der Waals surface area contributed by atoms with Gasteiger partial charge in [-0.25, -0.2) is 0 Å². The van der Waals surface area contributed by atoms with Crippen LogP contribution in [0.2, 0.25) is 0 Å². The van der Waals surface area contributed by atoms with Crippen molar-refractivity contribution < 1.29 is 9.47 Å². The zero-order chi connectivity index (χ0) is 18.3. The highest BCUT2D eigenvalue weighted by molar-refractivity contribution is 5.73. The van der Waals surface area contributed by atoms with Crippen LogP contribution in [-0.2, 0) is 12.8 Å². The third-order valence-corrected chi connectivity index (χ3v) is 5.72. The molecular weight excluding hydrogens is 326 g/mol. The van der Waals surface area contributed by atoms with Gasteiger partial charge in [0.1, 0.15) is 0 Å². The van der Waals surface area contributed by atoms with Crippen molar-refractivity contribution in [2.24, 2.45) is 5.92 Å². The van der Waals surface area contributed by atoms with Crippen LogP contribution in [0.3, 0.4) is 0 Å². The molecule has 1 unspecified atom stereocenters. The van der Waals surface area contributed by atoms with Gasteiger partial charge in [-0.1, -0.05) is 13.8 Å². The molecule has 4 rings (SSSR count). The SMILES string of the molecule is CCc1c2n(ccc1=O)C(CC)Cc1cc(OCC3CC3)c(OC)cc1-2. The largest absolute Gasteiger partial charge is 0.493 e. The Bertz CT molecular complexity index is 880. The molecular formula is C22H27NO3. The molecule has 138 valence electrons. The standard InChI is InChI=1S/C22H27NO3/c1-4-16-10-15-11-21(26-13-14-6-7-14)20(25-3)12-18(15)22-17(5-2)19(24)8-9-23(16)22/h8-9,11-12,14,16H,4-7,10,13H2,1-3H3. The first-order valence-electron chi connectivity index (χ1n) is 9.74. The van der Waals surface area contributed by atoms with Crippen LogP contribution in [0, 0.1) is 5.92 Å². The van der Waals surface area contributed by atoms with Gasteiger partial charge in [0.05, 0.1) is 19.4 Å². The molecule has 1 aliphatic heterocycles. The van der Waals surface area contributed by atoms with Crippen LogP contribution in [0.4, 0.5) is 0 Å². The Morgan fingerprint density at radius 3 is 2.65 bits per heavy atom. The van der Waals surface area contributed by atoms with Gasteiger partial charge in [-0.15, -0.1) is 0 Å². The summed E-state index contributed by atoms with van der Waals surface area (Å²) < 4.78 is 14.0. The van der Waals surface area contributed by atoms with E-state index in [2.05, 4.69) is 30.5 Å². The van der Waals surface area contributed by atoms with E-state index in [1.54, 1.807) is 13.2 Å². The molecule has 0 spiro atoms. The summed E-state index contributed by atoms with van der Waals surface area (Å²) in [6, 6.07) is 6.28. The number of nitrogens with zero attached hydrogens (tertiary/aromatic N) is 1. The molecule has 0 N–H and O–H groups in total. The molecule has 1 saturated carbocycles. The fourth-order valence-corrected chi connectivity index (χ4v) is 3.99. The summed E-state index contributed by atoms with van der Waals surface area (Å²) >= 11 is 0. The van der Waals surface area contributed by atoms with E-state index in [1.807, 2.05) is 6.20 Å². The minimum atomic E-state index is 0.120. The molecule has 2 aromatic rings. The Labute approximate surface area is 154 Å². The first-order valence-corrected chi connectivity index (χ1v) is 9.74. The normalized spacial score (nSPS) is 18.2. The summed E-state index contributed by atoms with van der Waals surface area (Å²) in [4.78, 5) is 12.5. The molecule has 0 saturated heterocycles. The van der Waals surface area contributed by atoms with E-state index in [4.69, 9.17) is 9.47 Å². The lowest BCUT2D eigenvalue weighted by Gasteiger charge is -2.32. The highest BCUT2D eigenvalue weighted by Crippen LogP contribution is 2.43. The van der Waals surface area contributed by atoms with E-state index in [9.17, 15) is 4.79 Å². The van der Waals surface area contributed by atoms with E-state index in [0.29, 0.717) is 12.0 Å². The van der Waals surface area contributed by atoms with Crippen LogP contribution in [-0.4, -0.2) is 18.3 Å². The van der Waals surface area contributed by atoms with Crippen molar-refractivity contribution in [1.82, 2.24) is 4.57 Å². The number of hydrogen-bond acceptors (Lipinski definition) is 3. The number of benzene rings is 1. The van der Waals surface area contributed by atoms with Crippen molar-refractivity contribution in [3.05, 3.63) is 45.7 Å². The van der Waals surface area contributed by atoms with Crippen LogP contribution in [0.1, 0.15) is 50.3 Å². The Hall–Kier alpha value is -2.23. The quantitative estimate of drug-likeness (QED) is 0.774. The highest BCUT2D eigenvalue weighted by atomic mass is 16.5. The topological polar surface area (TPSA) is 40.5 Å². The zero-order valence-corrected chi connectivity index (χ0v) is 15.9. The molecule has 26 heavy (non-hydrogen) atoms. The maximum absolute atomic E-state index is 12.5. The van der Waals surface area contributed by atoms with Crippen molar-refractivity contribution in [3.8, 4) is 22.8 Å². The first kappa shape index (κ1) is 17.2. The molecule has 0 radical (unpaired) electrons. The minimum absolute atomic E-state index is 0.120. The molecule has 4 heteroatoms. The zero-order valence-electron chi connectivity index (χ0n) is 15.9. The summed E-state index contributed by atoms with van der Waals surface area (Å²) in [6.45, 7) is 5.02. The molecule has 0 bridgehead atoms. The van der Waals surface area contributed by atoms with Gasteiger partial charge in [0, 0.05) is 29.4 Å². The highest BCUT2D eigenvalue weighted by Gasteiger charge is 2.28. The van der Waals surface area contributed by atoms with E-state index in [1.165, 1.54) is 18.4 Å². The number of ether oxygens (including phenoxy) is 2. The number of fused-ring (bicyclic) bond motifs is 3. The van der Waals surface area contributed by atoms with Crippen LogP contribution >= 0.6 is 0 Å². The van der Waals surface area contributed by atoms with Gasteiger partial charge in [0.25, 0.3) is 0 Å². The van der Waals surface area contributed by atoms with E-state index < -0.39 is 0 Å². The van der Waals surface area contributed by atoms with Crippen molar-refractivity contribution in [2.45, 2.75) is 52.0 Å². The summed E-state index contributed by atoms with van der Waals surface area (Å²) in [5, 5.41) is 0. The Kier molecular flexibility index (Phi) is 4.51. The van der Waals surface area contributed by atoms with Gasteiger partial charge in [-0.3, -0.25) is 4.79 Å². The average Bonchev–Trinajstić information content (AvgIpc) is 3.49.